The standard InChI is InChI=1S/C48H51N3O11S2.C4H5NO3.Na/c1-6-50-40-30-42-37(29-36(40)32(2)31-47(50,3)4)34(27-41(61-42)33-15-9-7-10-16-33)17-11-8-12-18-43-48(5,24-13-19-46(54)62-51-44(52)22-23-45(51)53)38-28-35(64(58,59)60)20-21-39(38)49(43)25-14-26-63(55,56)57;6-3-1-2-4(7)5(3)8;/h7-12,15-18,20-21,27-31H,6,13-14,19,22-26H2,1-5H3,(H-,55,56,57,58,59,60);8H,1-2H2;/q;;+1/p-1. The number of hydrogen-bond donors (Lipinski definition) is 1. The molecule has 1 atom stereocenters. The molecule has 0 bridgehead atoms. The van der Waals surface area contributed by atoms with Crippen LogP contribution in [-0.2, 0) is 54.5 Å². The zero-order chi connectivity index (χ0) is 52.3. The van der Waals surface area contributed by atoms with Crippen molar-refractivity contribution in [3.63, 3.8) is 0 Å². The van der Waals surface area contributed by atoms with Crippen LogP contribution in [0.15, 0.2) is 108 Å². The molecule has 0 spiro atoms. The van der Waals surface area contributed by atoms with Gasteiger partial charge in [-0.25, -0.2) is 21.6 Å². The van der Waals surface area contributed by atoms with E-state index in [0.29, 0.717) is 33.5 Å². The Labute approximate surface area is 446 Å². The minimum Gasteiger partial charge on any atom is -0.748 e. The first-order valence-corrected chi connectivity index (χ1v) is 26.4. The Kier molecular flexibility index (Phi) is 17.6. The topological polar surface area (TPSA) is 251 Å². The summed E-state index contributed by atoms with van der Waals surface area (Å²) < 4.78 is 80.1. The van der Waals surface area contributed by atoms with Gasteiger partial charge in [-0.05, 0) is 82.9 Å². The van der Waals surface area contributed by atoms with Crippen LogP contribution in [0.25, 0.3) is 16.9 Å². The van der Waals surface area contributed by atoms with E-state index in [-0.39, 0.29) is 98.1 Å². The number of amides is 4. The first-order valence-electron chi connectivity index (χ1n) is 23.4. The minimum atomic E-state index is -4.90. The smallest absolute Gasteiger partial charge is 0.748 e. The first-order chi connectivity index (χ1) is 33.9. The summed E-state index contributed by atoms with van der Waals surface area (Å²) in [5.41, 5.74) is 6.32. The van der Waals surface area contributed by atoms with E-state index in [0.717, 1.165) is 40.1 Å². The molecule has 3 aromatic carbocycles. The van der Waals surface area contributed by atoms with E-state index in [1.807, 2.05) is 61.6 Å². The largest absolute Gasteiger partial charge is 1.00 e. The monoisotopic (exact) mass is 1050 g/mol. The predicted molar refractivity (Wildman–Crippen MR) is 263 cm³/mol. The van der Waals surface area contributed by atoms with Gasteiger partial charge in [0.2, 0.25) is 5.69 Å². The van der Waals surface area contributed by atoms with E-state index in [2.05, 4.69) is 50.8 Å². The van der Waals surface area contributed by atoms with Crippen molar-refractivity contribution >= 4 is 83.8 Å². The minimum absolute atomic E-state index is 0. The van der Waals surface area contributed by atoms with Crippen molar-refractivity contribution in [1.29, 1.82) is 0 Å². The van der Waals surface area contributed by atoms with E-state index in [4.69, 9.17) is 14.8 Å². The molecule has 1 unspecified atom stereocenters. The number of rotatable bonds is 15. The molecule has 21 heteroatoms. The van der Waals surface area contributed by atoms with Crippen LogP contribution in [0.5, 0.6) is 5.75 Å². The molecule has 4 amide bonds. The summed E-state index contributed by atoms with van der Waals surface area (Å²) in [6.45, 7) is 11.3. The van der Waals surface area contributed by atoms with Crippen LogP contribution in [0.4, 0.5) is 11.4 Å². The summed E-state index contributed by atoms with van der Waals surface area (Å²) in [6, 6.07) is 18.0. The molecule has 0 aromatic heterocycles. The molecule has 8 rings (SSSR count). The molecular weight excluding hydrogens is 992 g/mol. The maximum absolute atomic E-state index is 12.8. The zero-order valence-electron chi connectivity index (χ0n) is 41.5. The van der Waals surface area contributed by atoms with E-state index in [1.165, 1.54) is 18.2 Å². The number of anilines is 1. The Balaban J connectivity index is 0.000000880. The fourth-order valence-corrected chi connectivity index (χ4v) is 10.6. The number of carbonyl (C=O) groups is 5. The molecule has 3 aromatic rings. The molecule has 18 nitrogen and oxygen atoms in total. The van der Waals surface area contributed by atoms with Gasteiger partial charge in [-0.15, -0.1) is 5.06 Å². The number of fused-ring (bicyclic) bond motifs is 3. The average molecular weight is 1050 g/mol. The Hall–Kier alpha value is -5.84. The molecule has 2 saturated heterocycles. The summed E-state index contributed by atoms with van der Waals surface area (Å²) in [5, 5.41) is 9.04. The summed E-state index contributed by atoms with van der Waals surface area (Å²) in [5.74, 6) is -2.31. The molecule has 0 radical (unpaired) electrons. The molecule has 380 valence electrons. The van der Waals surface area contributed by atoms with Gasteiger partial charge in [0.05, 0.1) is 26.0 Å². The second kappa shape index (κ2) is 22.7. The number of hydrogen-bond acceptors (Lipinski definition) is 15. The van der Waals surface area contributed by atoms with Crippen molar-refractivity contribution in [2.75, 3.05) is 23.7 Å². The maximum atomic E-state index is 12.8. The second-order valence-electron chi connectivity index (χ2n) is 18.5. The summed E-state index contributed by atoms with van der Waals surface area (Å²) in [7, 11) is -9.46. The Morgan fingerprint density at radius 1 is 0.863 bits per heavy atom. The third kappa shape index (κ3) is 12.7. The SMILES string of the molecule is CCN1c2cc3c(cc2C(C)=CC1(C)C)/C(=C/C=C/C=C/C1=[N+](CCCS(=O)(=O)[O-])c2ccc(S(=O)(=O)[O-])cc2C1(C)CCCC(=O)ON1C(=O)CCC1=O)C=C(c1ccccc1)O3.O=C1CCC(=O)N1O.[Na+]. The normalized spacial score (nSPS) is 19.9. The predicted octanol–water partition coefficient (Wildman–Crippen LogP) is 3.84. The zero-order valence-corrected chi connectivity index (χ0v) is 45.1. The van der Waals surface area contributed by atoms with Crippen molar-refractivity contribution in [1.82, 2.24) is 10.1 Å². The molecule has 5 aliphatic rings. The Bertz CT molecular complexity index is 3130. The van der Waals surface area contributed by atoms with Crippen LogP contribution in [0.1, 0.15) is 108 Å². The molecule has 2 fully saturated rings. The van der Waals surface area contributed by atoms with E-state index in [1.54, 1.807) is 16.7 Å². The van der Waals surface area contributed by atoms with Crippen molar-refractivity contribution in [2.24, 2.45) is 0 Å². The van der Waals surface area contributed by atoms with Gasteiger partial charge >= 0.3 is 35.5 Å². The number of carbonyl (C=O) groups excluding carboxylic acids is 5. The number of hydroxylamine groups is 4. The summed E-state index contributed by atoms with van der Waals surface area (Å²) in [6.07, 6.45) is 13.7. The van der Waals surface area contributed by atoms with Gasteiger partial charge in [-0.3, -0.25) is 24.4 Å². The van der Waals surface area contributed by atoms with Crippen molar-refractivity contribution in [3.8, 4) is 5.75 Å². The van der Waals surface area contributed by atoms with Gasteiger partial charge in [-0.1, -0.05) is 60.7 Å². The van der Waals surface area contributed by atoms with Crippen LogP contribution in [0, 0.1) is 0 Å². The fourth-order valence-electron chi connectivity index (χ4n) is 9.66. The fraction of sp³-hybridized carbons (Fsp3) is 0.346. The molecule has 5 aliphatic heterocycles. The molecular formula is C52H55N4NaO14S2. The Morgan fingerprint density at radius 2 is 1.52 bits per heavy atom. The third-order valence-electron chi connectivity index (χ3n) is 13.1. The second-order valence-corrected chi connectivity index (χ2v) is 21.5. The van der Waals surface area contributed by atoms with Gasteiger partial charge in [0.25, 0.3) is 23.6 Å². The molecule has 1 N–H and O–H groups in total. The van der Waals surface area contributed by atoms with Crippen molar-refractivity contribution in [3.05, 3.63) is 125 Å². The van der Waals surface area contributed by atoms with Crippen LogP contribution in [-0.4, -0.2) is 106 Å². The van der Waals surface area contributed by atoms with Gasteiger partial charge in [0.15, 0.2) is 5.71 Å². The number of likely N-dealkylation sites (N-methyl/N-ethyl adjacent to an activating group) is 1. The van der Waals surface area contributed by atoms with E-state index in [9.17, 15) is 49.9 Å². The van der Waals surface area contributed by atoms with Crippen LogP contribution in [0.2, 0.25) is 0 Å². The Morgan fingerprint density at radius 3 is 2.12 bits per heavy atom. The first kappa shape index (κ1) is 56.5. The maximum Gasteiger partial charge on any atom is 1.00 e. The molecule has 0 aliphatic carbocycles. The summed E-state index contributed by atoms with van der Waals surface area (Å²) in [4.78, 5) is 64.4. The van der Waals surface area contributed by atoms with Crippen molar-refractivity contribution in [2.45, 2.75) is 102 Å². The molecule has 73 heavy (non-hydrogen) atoms. The number of ether oxygens (including phenoxy) is 1. The van der Waals surface area contributed by atoms with Gasteiger partial charge in [0, 0.05) is 97.0 Å². The number of nitrogens with zero attached hydrogens (tertiary/aromatic N) is 4. The van der Waals surface area contributed by atoms with Crippen LogP contribution >= 0.6 is 0 Å². The summed E-state index contributed by atoms with van der Waals surface area (Å²) >= 11 is 0. The van der Waals surface area contributed by atoms with E-state index >= 15 is 0 Å². The third-order valence-corrected chi connectivity index (χ3v) is 14.7. The van der Waals surface area contributed by atoms with Crippen LogP contribution < -0.4 is 39.2 Å². The van der Waals surface area contributed by atoms with Crippen LogP contribution in [0.3, 0.4) is 0 Å². The number of benzene rings is 3. The van der Waals surface area contributed by atoms with Crippen molar-refractivity contribution < 1.29 is 98.8 Å². The van der Waals surface area contributed by atoms with Gasteiger partial charge in [0.1, 0.15) is 28.2 Å². The van der Waals surface area contributed by atoms with Gasteiger partial charge in [-0.2, -0.15) is 9.64 Å². The molecule has 5 heterocycles. The van der Waals surface area contributed by atoms with Gasteiger partial charge < -0.3 is 23.6 Å². The van der Waals surface area contributed by atoms with E-state index < -0.39 is 65.9 Å². The number of allylic oxidation sites excluding steroid dienone is 8. The number of imide groups is 2. The average Bonchev–Trinajstić information content (AvgIpc) is 3.88. The molecule has 0 saturated carbocycles. The quantitative estimate of drug-likeness (QED) is 0.0567.